The Balaban J connectivity index is 1.79. The minimum absolute atomic E-state index is 0.565. The van der Waals surface area contributed by atoms with Crippen molar-refractivity contribution in [3.05, 3.63) is 47.6 Å². The van der Waals surface area contributed by atoms with Gasteiger partial charge in [0.1, 0.15) is 0 Å². The molecule has 1 heterocycles. The third-order valence-corrected chi connectivity index (χ3v) is 3.29. The van der Waals surface area contributed by atoms with Gasteiger partial charge in [-0.25, -0.2) is 0 Å². The van der Waals surface area contributed by atoms with Crippen LogP contribution < -0.4 is 0 Å². The molecular formula is C15H21N3O. The molecule has 0 aliphatic carbocycles. The largest absolute Gasteiger partial charge is 0.340 e. The SMILES string of the molecule is Cc1nc(CN(C)CC[C@@H](C)c2ccccc2)no1. The number of benzene rings is 1. The van der Waals surface area contributed by atoms with Crippen LogP contribution in [0.15, 0.2) is 34.9 Å². The quantitative estimate of drug-likeness (QED) is 0.799. The van der Waals surface area contributed by atoms with Gasteiger partial charge in [0.15, 0.2) is 5.82 Å². The zero-order valence-corrected chi connectivity index (χ0v) is 11.8. The first-order valence-electron chi connectivity index (χ1n) is 6.68. The third kappa shape index (κ3) is 4.17. The van der Waals surface area contributed by atoms with Gasteiger partial charge in [0.05, 0.1) is 6.54 Å². The lowest BCUT2D eigenvalue weighted by atomic mass is 9.98. The second kappa shape index (κ2) is 6.48. The number of nitrogens with zero attached hydrogens (tertiary/aromatic N) is 3. The molecular weight excluding hydrogens is 238 g/mol. The molecule has 0 N–H and O–H groups in total. The van der Waals surface area contributed by atoms with Crippen LogP contribution in [0.2, 0.25) is 0 Å². The summed E-state index contributed by atoms with van der Waals surface area (Å²) in [5.74, 6) is 1.95. The van der Waals surface area contributed by atoms with Crippen molar-refractivity contribution in [1.29, 1.82) is 0 Å². The summed E-state index contributed by atoms with van der Waals surface area (Å²) < 4.78 is 4.97. The first-order valence-corrected chi connectivity index (χ1v) is 6.68. The summed E-state index contributed by atoms with van der Waals surface area (Å²) in [6, 6.07) is 10.6. The van der Waals surface area contributed by atoms with E-state index in [1.54, 1.807) is 0 Å². The van der Waals surface area contributed by atoms with E-state index in [1.165, 1.54) is 5.56 Å². The van der Waals surface area contributed by atoms with Crippen molar-refractivity contribution in [2.45, 2.75) is 32.7 Å². The number of aromatic nitrogens is 2. The Morgan fingerprint density at radius 2 is 2.00 bits per heavy atom. The van der Waals surface area contributed by atoms with E-state index in [9.17, 15) is 0 Å². The first-order chi connectivity index (χ1) is 9.15. The summed E-state index contributed by atoms with van der Waals surface area (Å²) >= 11 is 0. The molecule has 2 rings (SSSR count). The van der Waals surface area contributed by atoms with Gasteiger partial charge in [-0.2, -0.15) is 4.98 Å². The third-order valence-electron chi connectivity index (χ3n) is 3.29. The van der Waals surface area contributed by atoms with Crippen LogP contribution in [0.4, 0.5) is 0 Å². The highest BCUT2D eigenvalue weighted by molar-refractivity contribution is 5.18. The molecule has 1 aromatic carbocycles. The van der Waals surface area contributed by atoms with E-state index in [1.807, 2.05) is 6.92 Å². The number of hydrogen-bond donors (Lipinski definition) is 0. The Morgan fingerprint density at radius 1 is 1.26 bits per heavy atom. The van der Waals surface area contributed by atoms with Crippen LogP contribution in [0.3, 0.4) is 0 Å². The average Bonchev–Trinajstić information content (AvgIpc) is 2.82. The summed E-state index contributed by atoms with van der Waals surface area (Å²) in [4.78, 5) is 6.44. The molecule has 0 spiro atoms. The van der Waals surface area contributed by atoms with Crippen molar-refractivity contribution in [3.63, 3.8) is 0 Å². The summed E-state index contributed by atoms with van der Waals surface area (Å²) in [5, 5.41) is 3.91. The van der Waals surface area contributed by atoms with Crippen LogP contribution in [0, 0.1) is 6.92 Å². The van der Waals surface area contributed by atoms with Gasteiger partial charge in [-0.05, 0) is 31.5 Å². The fourth-order valence-electron chi connectivity index (χ4n) is 2.09. The fourth-order valence-corrected chi connectivity index (χ4v) is 2.09. The fraction of sp³-hybridized carbons (Fsp3) is 0.467. The van der Waals surface area contributed by atoms with E-state index in [-0.39, 0.29) is 0 Å². The highest BCUT2D eigenvalue weighted by Crippen LogP contribution is 2.18. The van der Waals surface area contributed by atoms with Crippen molar-refractivity contribution < 1.29 is 4.52 Å². The predicted octanol–water partition coefficient (Wildman–Crippen LogP) is 3.00. The van der Waals surface area contributed by atoms with E-state index in [2.05, 4.69) is 59.3 Å². The first kappa shape index (κ1) is 13.7. The highest BCUT2D eigenvalue weighted by atomic mass is 16.5. The maximum atomic E-state index is 4.97. The van der Waals surface area contributed by atoms with Gasteiger partial charge in [0.2, 0.25) is 5.89 Å². The lowest BCUT2D eigenvalue weighted by molar-refractivity contribution is 0.297. The Bertz CT molecular complexity index is 495. The van der Waals surface area contributed by atoms with Gasteiger partial charge in [0.25, 0.3) is 0 Å². The average molecular weight is 259 g/mol. The van der Waals surface area contributed by atoms with Crippen LogP contribution in [0.1, 0.15) is 36.5 Å². The van der Waals surface area contributed by atoms with E-state index in [4.69, 9.17) is 4.52 Å². The maximum absolute atomic E-state index is 4.97. The molecule has 1 aromatic heterocycles. The van der Waals surface area contributed by atoms with E-state index < -0.39 is 0 Å². The van der Waals surface area contributed by atoms with Gasteiger partial charge in [0, 0.05) is 6.92 Å². The van der Waals surface area contributed by atoms with Crippen LogP contribution >= 0.6 is 0 Å². The summed E-state index contributed by atoms with van der Waals surface area (Å²) in [6.07, 6.45) is 1.12. The van der Waals surface area contributed by atoms with Crippen LogP contribution in [0.5, 0.6) is 0 Å². The second-order valence-corrected chi connectivity index (χ2v) is 5.07. The van der Waals surface area contributed by atoms with E-state index in [0.717, 1.165) is 25.3 Å². The highest BCUT2D eigenvalue weighted by Gasteiger charge is 2.09. The summed E-state index contributed by atoms with van der Waals surface area (Å²) in [5.41, 5.74) is 1.39. The Kier molecular flexibility index (Phi) is 4.68. The monoisotopic (exact) mass is 259 g/mol. The molecule has 0 amide bonds. The normalized spacial score (nSPS) is 12.8. The van der Waals surface area contributed by atoms with Gasteiger partial charge in [-0.15, -0.1) is 0 Å². The summed E-state index contributed by atoms with van der Waals surface area (Å²) in [6.45, 7) is 5.83. The van der Waals surface area contributed by atoms with Gasteiger partial charge < -0.3 is 4.52 Å². The molecule has 0 bridgehead atoms. The van der Waals surface area contributed by atoms with Crippen molar-refractivity contribution in [2.24, 2.45) is 0 Å². The standard InChI is InChI=1S/C15H21N3O/c1-12(14-7-5-4-6-8-14)9-10-18(3)11-15-16-13(2)19-17-15/h4-8,12H,9-11H2,1-3H3/t12-/m1/s1. The minimum Gasteiger partial charge on any atom is -0.340 e. The zero-order valence-electron chi connectivity index (χ0n) is 11.8. The smallest absolute Gasteiger partial charge is 0.223 e. The predicted molar refractivity (Wildman–Crippen MR) is 74.8 cm³/mol. The van der Waals surface area contributed by atoms with E-state index >= 15 is 0 Å². The number of aryl methyl sites for hydroxylation is 1. The van der Waals surface area contributed by atoms with Crippen molar-refractivity contribution >= 4 is 0 Å². The molecule has 2 aromatic rings. The van der Waals surface area contributed by atoms with Crippen molar-refractivity contribution in [3.8, 4) is 0 Å². The Labute approximate surface area is 114 Å². The second-order valence-electron chi connectivity index (χ2n) is 5.07. The molecule has 0 saturated heterocycles. The Morgan fingerprint density at radius 3 is 2.63 bits per heavy atom. The van der Waals surface area contributed by atoms with Gasteiger partial charge in [-0.3, -0.25) is 4.90 Å². The molecule has 1 atom stereocenters. The molecule has 0 aliphatic heterocycles. The molecule has 102 valence electrons. The molecule has 4 nitrogen and oxygen atoms in total. The molecule has 0 unspecified atom stereocenters. The van der Waals surface area contributed by atoms with E-state index in [0.29, 0.717) is 11.8 Å². The minimum atomic E-state index is 0.565. The van der Waals surface area contributed by atoms with Crippen LogP contribution in [-0.2, 0) is 6.54 Å². The molecule has 4 heteroatoms. The summed E-state index contributed by atoms with van der Waals surface area (Å²) in [7, 11) is 2.09. The van der Waals surface area contributed by atoms with Crippen LogP contribution in [0.25, 0.3) is 0 Å². The van der Waals surface area contributed by atoms with Crippen molar-refractivity contribution in [1.82, 2.24) is 15.0 Å². The molecule has 0 aliphatic rings. The topological polar surface area (TPSA) is 42.2 Å². The van der Waals surface area contributed by atoms with Crippen molar-refractivity contribution in [2.75, 3.05) is 13.6 Å². The molecule has 0 radical (unpaired) electrons. The maximum Gasteiger partial charge on any atom is 0.223 e. The zero-order chi connectivity index (χ0) is 13.7. The van der Waals surface area contributed by atoms with Gasteiger partial charge in [-0.1, -0.05) is 42.4 Å². The van der Waals surface area contributed by atoms with Gasteiger partial charge >= 0.3 is 0 Å². The molecule has 0 fully saturated rings. The number of rotatable bonds is 6. The molecule has 19 heavy (non-hydrogen) atoms. The lowest BCUT2D eigenvalue weighted by Crippen LogP contribution is -2.21. The number of hydrogen-bond acceptors (Lipinski definition) is 4. The molecule has 0 saturated carbocycles. The van der Waals surface area contributed by atoms with Crippen LogP contribution in [-0.4, -0.2) is 28.6 Å². The Hall–Kier alpha value is -1.68. The lowest BCUT2D eigenvalue weighted by Gasteiger charge is -2.18.